The van der Waals surface area contributed by atoms with Crippen LogP contribution in [-0.4, -0.2) is 60.1 Å². The number of ether oxygens (including phenoxy) is 5. The van der Waals surface area contributed by atoms with Crippen LogP contribution < -0.4 is 0 Å². The minimum Gasteiger partial charge on any atom is -0.368 e. The van der Waals surface area contributed by atoms with Crippen LogP contribution in [0.4, 0.5) is 0 Å². The Bertz CT molecular complexity index is 695. The molecule has 26 heavy (non-hydrogen) atoms. The van der Waals surface area contributed by atoms with Gasteiger partial charge in [0.1, 0.15) is 30.6 Å². The highest BCUT2D eigenvalue weighted by Crippen LogP contribution is 2.42. The van der Waals surface area contributed by atoms with Crippen molar-refractivity contribution in [3.05, 3.63) is 35.9 Å². The topological polar surface area (TPSA) is 66.5 Å². The lowest BCUT2D eigenvalue weighted by Crippen LogP contribution is -2.49. The number of β-lactam (4-membered cyclic amide) rings is 1. The summed E-state index contributed by atoms with van der Waals surface area (Å²) in [6.45, 7) is 4.72. The number of hydrogen-bond acceptors (Lipinski definition) is 6. The van der Waals surface area contributed by atoms with Crippen LogP contribution in [0.15, 0.2) is 30.3 Å². The zero-order valence-electron chi connectivity index (χ0n) is 14.9. The molecule has 4 aliphatic rings. The van der Waals surface area contributed by atoms with E-state index in [2.05, 4.69) is 0 Å². The molecule has 0 bridgehead atoms. The molecular formula is C19H23NO6. The Morgan fingerprint density at radius 1 is 1.15 bits per heavy atom. The standard InChI is InChI=1S/C19H23NO6/c1-19(2)25-17-16(22-10-11-6-4-3-5-7-11)15(24-18(17)26-19)12-9-20-13(21)8-14(20)23-12/h3-7,12,14-18H,8-10H2,1-2H3/t12-,14+,15+,16+,17-,18-/m1/s1. The van der Waals surface area contributed by atoms with Gasteiger partial charge in [0.15, 0.2) is 12.1 Å². The molecule has 140 valence electrons. The summed E-state index contributed by atoms with van der Waals surface area (Å²) >= 11 is 0. The average Bonchev–Trinajstić information content (AvgIpc) is 3.21. The molecule has 0 aliphatic carbocycles. The normalized spacial score (nSPS) is 40.4. The van der Waals surface area contributed by atoms with Gasteiger partial charge in [-0.1, -0.05) is 30.3 Å². The Morgan fingerprint density at radius 3 is 2.69 bits per heavy atom. The monoisotopic (exact) mass is 361 g/mol. The lowest BCUT2D eigenvalue weighted by atomic mass is 10.0. The van der Waals surface area contributed by atoms with Crippen LogP contribution in [0.2, 0.25) is 0 Å². The molecular weight excluding hydrogens is 338 g/mol. The second-order valence-corrected chi connectivity index (χ2v) is 7.71. The highest BCUT2D eigenvalue weighted by molar-refractivity contribution is 5.83. The lowest BCUT2D eigenvalue weighted by Gasteiger charge is -2.31. The summed E-state index contributed by atoms with van der Waals surface area (Å²) in [6.07, 6.45) is -1.35. The highest BCUT2D eigenvalue weighted by atomic mass is 16.8. The van der Waals surface area contributed by atoms with Crippen LogP contribution in [0.3, 0.4) is 0 Å². The smallest absolute Gasteiger partial charge is 0.229 e. The predicted octanol–water partition coefficient (Wildman–Crippen LogP) is 1.41. The number of rotatable bonds is 4. The largest absolute Gasteiger partial charge is 0.368 e. The number of benzene rings is 1. The maximum atomic E-state index is 11.7. The fourth-order valence-corrected chi connectivity index (χ4v) is 4.15. The van der Waals surface area contributed by atoms with Crippen molar-refractivity contribution in [2.24, 2.45) is 0 Å². The molecule has 5 rings (SSSR count). The van der Waals surface area contributed by atoms with Gasteiger partial charge < -0.3 is 28.6 Å². The first kappa shape index (κ1) is 16.6. The first-order valence-corrected chi connectivity index (χ1v) is 9.12. The number of fused-ring (bicyclic) bond motifs is 2. The summed E-state index contributed by atoms with van der Waals surface area (Å²) in [7, 11) is 0. The van der Waals surface area contributed by atoms with Gasteiger partial charge in [0.2, 0.25) is 5.91 Å². The third-order valence-corrected chi connectivity index (χ3v) is 5.40. The molecule has 0 radical (unpaired) electrons. The van der Waals surface area contributed by atoms with E-state index in [-0.39, 0.29) is 36.6 Å². The van der Waals surface area contributed by atoms with Gasteiger partial charge in [-0.05, 0) is 19.4 Å². The third-order valence-electron chi connectivity index (χ3n) is 5.40. The van der Waals surface area contributed by atoms with E-state index in [1.165, 1.54) is 0 Å². The first-order valence-electron chi connectivity index (χ1n) is 9.12. The van der Waals surface area contributed by atoms with Gasteiger partial charge in [-0.25, -0.2) is 0 Å². The number of carbonyl (C=O) groups is 1. The Labute approximate surface area is 152 Å². The maximum Gasteiger partial charge on any atom is 0.229 e. The Kier molecular flexibility index (Phi) is 3.84. The average molecular weight is 361 g/mol. The highest BCUT2D eigenvalue weighted by Gasteiger charge is 2.60. The first-order chi connectivity index (χ1) is 12.5. The molecule has 4 fully saturated rings. The molecule has 7 nitrogen and oxygen atoms in total. The second kappa shape index (κ2) is 6.00. The number of nitrogens with zero attached hydrogens (tertiary/aromatic N) is 1. The number of hydrogen-bond donors (Lipinski definition) is 0. The van der Waals surface area contributed by atoms with Crippen molar-refractivity contribution in [2.75, 3.05) is 6.54 Å². The summed E-state index contributed by atoms with van der Waals surface area (Å²) in [5.74, 6) is -0.574. The summed E-state index contributed by atoms with van der Waals surface area (Å²) in [5, 5.41) is 0. The molecule has 0 aromatic heterocycles. The van der Waals surface area contributed by atoms with Gasteiger partial charge in [0.25, 0.3) is 0 Å². The SMILES string of the molecule is CC1(C)O[C@H]2O[C@@H]([C@H]3CN4C(=O)C[C@@H]4O3)[C@H](OCc3ccccc3)[C@H]2O1. The van der Waals surface area contributed by atoms with E-state index in [0.717, 1.165) is 5.56 Å². The van der Waals surface area contributed by atoms with Crippen molar-refractivity contribution in [1.82, 2.24) is 4.90 Å². The van der Waals surface area contributed by atoms with E-state index in [1.807, 2.05) is 44.2 Å². The molecule has 1 aromatic rings. The second-order valence-electron chi connectivity index (χ2n) is 7.71. The van der Waals surface area contributed by atoms with Crippen LogP contribution in [0.1, 0.15) is 25.8 Å². The zero-order chi connectivity index (χ0) is 17.9. The molecule has 4 saturated heterocycles. The van der Waals surface area contributed by atoms with Crippen LogP contribution in [0.25, 0.3) is 0 Å². The van der Waals surface area contributed by atoms with Gasteiger partial charge in [-0.2, -0.15) is 0 Å². The van der Waals surface area contributed by atoms with Gasteiger partial charge in [-0.15, -0.1) is 0 Å². The van der Waals surface area contributed by atoms with E-state index < -0.39 is 12.1 Å². The molecule has 7 heteroatoms. The molecule has 0 unspecified atom stereocenters. The summed E-state index contributed by atoms with van der Waals surface area (Å²) in [4.78, 5) is 13.4. The predicted molar refractivity (Wildman–Crippen MR) is 88.7 cm³/mol. The number of carbonyl (C=O) groups excluding carboxylic acids is 1. The van der Waals surface area contributed by atoms with Gasteiger partial charge in [0.05, 0.1) is 19.6 Å². The summed E-state index contributed by atoms with van der Waals surface area (Å²) in [6, 6.07) is 9.99. The van der Waals surface area contributed by atoms with E-state index in [9.17, 15) is 4.79 Å². The number of amides is 1. The van der Waals surface area contributed by atoms with Crippen LogP contribution >= 0.6 is 0 Å². The van der Waals surface area contributed by atoms with Crippen molar-refractivity contribution in [1.29, 1.82) is 0 Å². The van der Waals surface area contributed by atoms with Crippen LogP contribution in [-0.2, 0) is 35.1 Å². The van der Waals surface area contributed by atoms with Crippen LogP contribution in [0.5, 0.6) is 0 Å². The van der Waals surface area contributed by atoms with Crippen molar-refractivity contribution >= 4 is 5.91 Å². The zero-order valence-corrected chi connectivity index (χ0v) is 14.9. The molecule has 0 N–H and O–H groups in total. The quantitative estimate of drug-likeness (QED) is 0.756. The Balaban J connectivity index is 1.33. The fraction of sp³-hybridized carbons (Fsp3) is 0.632. The molecule has 6 atom stereocenters. The van der Waals surface area contributed by atoms with Crippen molar-refractivity contribution in [2.45, 2.75) is 69.6 Å². The minimum absolute atomic E-state index is 0.121. The lowest BCUT2D eigenvalue weighted by molar-refractivity contribution is -0.232. The molecule has 4 aliphatic heterocycles. The summed E-state index contributed by atoms with van der Waals surface area (Å²) in [5.41, 5.74) is 1.08. The molecule has 1 aromatic carbocycles. The third kappa shape index (κ3) is 2.75. The van der Waals surface area contributed by atoms with Gasteiger partial charge in [0, 0.05) is 0 Å². The molecule has 0 spiro atoms. The van der Waals surface area contributed by atoms with E-state index in [4.69, 9.17) is 23.7 Å². The van der Waals surface area contributed by atoms with Crippen molar-refractivity contribution < 1.29 is 28.5 Å². The van der Waals surface area contributed by atoms with Crippen molar-refractivity contribution in [3.63, 3.8) is 0 Å². The fourth-order valence-electron chi connectivity index (χ4n) is 4.15. The maximum absolute atomic E-state index is 11.7. The Morgan fingerprint density at radius 2 is 1.96 bits per heavy atom. The minimum atomic E-state index is -0.705. The Hall–Kier alpha value is -1.51. The van der Waals surface area contributed by atoms with E-state index >= 15 is 0 Å². The van der Waals surface area contributed by atoms with Gasteiger partial charge >= 0.3 is 0 Å². The molecule has 0 saturated carbocycles. The molecule has 4 heterocycles. The van der Waals surface area contributed by atoms with Crippen molar-refractivity contribution in [3.8, 4) is 0 Å². The van der Waals surface area contributed by atoms with Crippen LogP contribution in [0, 0.1) is 0 Å². The van der Waals surface area contributed by atoms with E-state index in [1.54, 1.807) is 4.90 Å². The van der Waals surface area contributed by atoms with Gasteiger partial charge in [-0.3, -0.25) is 4.79 Å². The summed E-state index contributed by atoms with van der Waals surface area (Å²) < 4.78 is 30.3. The van der Waals surface area contributed by atoms with E-state index in [0.29, 0.717) is 19.6 Å². The molecule has 1 amide bonds.